The zero-order valence-corrected chi connectivity index (χ0v) is 8.60. The third-order valence-electron chi connectivity index (χ3n) is 2.25. The van der Waals surface area contributed by atoms with Crippen LogP contribution in [0.15, 0.2) is 29.1 Å². The number of benzene rings is 1. The van der Waals surface area contributed by atoms with Crippen LogP contribution >= 0.6 is 11.3 Å². The molecule has 0 aliphatic carbocycles. The van der Waals surface area contributed by atoms with Gasteiger partial charge in [-0.2, -0.15) is 0 Å². The first kappa shape index (κ1) is 9.37. The molecule has 0 atom stereocenters. The van der Waals surface area contributed by atoms with Crippen molar-refractivity contribution in [3.05, 3.63) is 44.9 Å². The summed E-state index contributed by atoms with van der Waals surface area (Å²) >= 11 is 1.55. The van der Waals surface area contributed by atoms with E-state index in [0.29, 0.717) is 10.9 Å². The second-order valence-corrected chi connectivity index (χ2v) is 4.38. The molecule has 2 rings (SSSR count). The summed E-state index contributed by atoms with van der Waals surface area (Å²) in [5, 5.41) is 9.77. The van der Waals surface area contributed by atoms with Crippen LogP contribution in [0.1, 0.15) is 10.4 Å². The molecule has 0 aliphatic heterocycles. The lowest BCUT2D eigenvalue weighted by atomic mass is 10.2. The van der Waals surface area contributed by atoms with Crippen LogP contribution in [-0.2, 0) is 6.61 Å². The van der Waals surface area contributed by atoms with E-state index >= 15 is 0 Å². The molecule has 0 saturated carbocycles. The lowest BCUT2D eigenvalue weighted by Crippen LogP contribution is -2.09. The van der Waals surface area contributed by atoms with E-state index in [-0.39, 0.29) is 12.0 Å². The number of hydrogen-bond donors (Lipinski definition) is 1. The summed E-state index contributed by atoms with van der Waals surface area (Å²) in [6.45, 7) is 1.69. The van der Waals surface area contributed by atoms with Crippen LogP contribution < -0.4 is 5.43 Å². The van der Waals surface area contributed by atoms with Crippen molar-refractivity contribution in [2.24, 2.45) is 0 Å². The summed E-state index contributed by atoms with van der Waals surface area (Å²) in [6, 6.07) is 7.48. The Kier molecular flexibility index (Phi) is 2.35. The minimum atomic E-state index is -0.175. The molecule has 0 amide bonds. The Morgan fingerprint density at radius 3 is 2.79 bits per heavy atom. The maximum Gasteiger partial charge on any atom is 0.193 e. The Morgan fingerprint density at radius 1 is 1.36 bits per heavy atom. The minimum absolute atomic E-state index is 0.0423. The summed E-state index contributed by atoms with van der Waals surface area (Å²) in [5.41, 5.74) is 0.480. The number of hydrogen-bond acceptors (Lipinski definition) is 3. The largest absolute Gasteiger partial charge is 0.391 e. The summed E-state index contributed by atoms with van der Waals surface area (Å²) < 4.78 is 0.979. The second-order valence-electron chi connectivity index (χ2n) is 3.12. The van der Waals surface area contributed by atoms with Gasteiger partial charge in [-0.25, -0.2) is 0 Å². The standard InChI is InChI=1S/C11H10O2S/c1-7-9(6-12)11(13)8-4-2-3-5-10(8)14-7/h2-5,12H,6H2,1H3. The molecule has 0 spiro atoms. The van der Waals surface area contributed by atoms with Gasteiger partial charge in [0.25, 0.3) is 0 Å². The van der Waals surface area contributed by atoms with Crippen molar-refractivity contribution in [3.63, 3.8) is 0 Å². The maximum absolute atomic E-state index is 11.8. The molecule has 72 valence electrons. The molecule has 0 bridgehead atoms. The molecule has 0 radical (unpaired) electrons. The molecular formula is C11H10O2S. The Hall–Kier alpha value is -1.19. The fourth-order valence-corrected chi connectivity index (χ4v) is 2.50. The number of rotatable bonds is 1. The topological polar surface area (TPSA) is 37.3 Å². The van der Waals surface area contributed by atoms with Gasteiger partial charge in [0.2, 0.25) is 0 Å². The van der Waals surface area contributed by atoms with Crippen LogP contribution in [0.5, 0.6) is 0 Å². The van der Waals surface area contributed by atoms with E-state index in [4.69, 9.17) is 5.11 Å². The molecule has 14 heavy (non-hydrogen) atoms. The van der Waals surface area contributed by atoms with E-state index in [1.807, 2.05) is 25.1 Å². The molecule has 3 heteroatoms. The van der Waals surface area contributed by atoms with Crippen molar-refractivity contribution >= 4 is 21.4 Å². The molecular weight excluding hydrogens is 196 g/mol. The van der Waals surface area contributed by atoms with Gasteiger partial charge < -0.3 is 5.11 Å². The zero-order chi connectivity index (χ0) is 10.1. The zero-order valence-electron chi connectivity index (χ0n) is 7.78. The summed E-state index contributed by atoms with van der Waals surface area (Å²) in [5.74, 6) is 0. The number of aliphatic hydroxyl groups is 1. The van der Waals surface area contributed by atoms with E-state index < -0.39 is 0 Å². The van der Waals surface area contributed by atoms with Crippen LogP contribution in [0.25, 0.3) is 10.1 Å². The third kappa shape index (κ3) is 1.35. The van der Waals surface area contributed by atoms with Gasteiger partial charge in [-0.15, -0.1) is 11.3 Å². The van der Waals surface area contributed by atoms with Gasteiger partial charge in [0, 0.05) is 20.5 Å². The quantitative estimate of drug-likeness (QED) is 0.775. The van der Waals surface area contributed by atoms with Crippen LogP contribution in [0.3, 0.4) is 0 Å². The number of fused-ring (bicyclic) bond motifs is 1. The molecule has 0 aliphatic rings. The molecule has 1 aromatic carbocycles. The molecule has 1 heterocycles. The highest BCUT2D eigenvalue weighted by Crippen LogP contribution is 2.20. The van der Waals surface area contributed by atoms with Crippen molar-refractivity contribution in [3.8, 4) is 0 Å². The molecule has 2 nitrogen and oxygen atoms in total. The smallest absolute Gasteiger partial charge is 0.193 e. The number of aliphatic hydroxyl groups excluding tert-OH is 1. The second kappa shape index (κ2) is 3.52. The van der Waals surface area contributed by atoms with Gasteiger partial charge >= 0.3 is 0 Å². The number of aryl methyl sites for hydroxylation is 1. The van der Waals surface area contributed by atoms with Crippen molar-refractivity contribution < 1.29 is 5.11 Å². The van der Waals surface area contributed by atoms with Gasteiger partial charge in [0.1, 0.15) is 0 Å². The fraction of sp³-hybridized carbons (Fsp3) is 0.182. The summed E-state index contributed by atoms with van der Waals surface area (Å²) in [7, 11) is 0. The summed E-state index contributed by atoms with van der Waals surface area (Å²) in [6.07, 6.45) is 0. The van der Waals surface area contributed by atoms with Gasteiger partial charge in [-0.3, -0.25) is 4.79 Å². The monoisotopic (exact) mass is 206 g/mol. The molecule has 0 fully saturated rings. The van der Waals surface area contributed by atoms with Gasteiger partial charge in [-0.1, -0.05) is 12.1 Å². The lowest BCUT2D eigenvalue weighted by Gasteiger charge is -2.02. The Balaban J connectivity index is 2.93. The van der Waals surface area contributed by atoms with Crippen LogP contribution in [0, 0.1) is 6.92 Å². The van der Waals surface area contributed by atoms with E-state index in [1.54, 1.807) is 17.4 Å². The van der Waals surface area contributed by atoms with Crippen molar-refractivity contribution in [2.45, 2.75) is 13.5 Å². The van der Waals surface area contributed by atoms with E-state index in [1.165, 1.54) is 0 Å². The average Bonchev–Trinajstić information content (AvgIpc) is 2.18. The first-order chi connectivity index (χ1) is 6.74. The highest BCUT2D eigenvalue weighted by atomic mass is 32.1. The molecule has 2 aromatic rings. The Bertz CT molecular complexity index is 528. The Morgan fingerprint density at radius 2 is 2.07 bits per heavy atom. The molecule has 1 aromatic heterocycles. The maximum atomic E-state index is 11.8. The lowest BCUT2D eigenvalue weighted by molar-refractivity contribution is 0.280. The molecule has 1 N–H and O–H groups in total. The van der Waals surface area contributed by atoms with Gasteiger partial charge in [-0.05, 0) is 19.1 Å². The van der Waals surface area contributed by atoms with Crippen molar-refractivity contribution in [2.75, 3.05) is 0 Å². The highest BCUT2D eigenvalue weighted by Gasteiger charge is 2.07. The average molecular weight is 206 g/mol. The highest BCUT2D eigenvalue weighted by molar-refractivity contribution is 7.18. The first-order valence-electron chi connectivity index (χ1n) is 4.36. The van der Waals surface area contributed by atoms with Gasteiger partial charge in [0.05, 0.1) is 6.61 Å². The summed E-state index contributed by atoms with van der Waals surface area (Å²) in [4.78, 5) is 12.7. The molecule has 0 unspecified atom stereocenters. The van der Waals surface area contributed by atoms with E-state index in [2.05, 4.69) is 0 Å². The molecule has 0 saturated heterocycles. The first-order valence-corrected chi connectivity index (χ1v) is 5.18. The SMILES string of the molecule is Cc1sc2ccccc2c(=O)c1CO. The minimum Gasteiger partial charge on any atom is -0.391 e. The third-order valence-corrected chi connectivity index (χ3v) is 3.38. The van der Waals surface area contributed by atoms with Crippen LogP contribution in [0.4, 0.5) is 0 Å². The van der Waals surface area contributed by atoms with Crippen molar-refractivity contribution in [1.29, 1.82) is 0 Å². The predicted molar refractivity (Wildman–Crippen MR) is 58.8 cm³/mol. The van der Waals surface area contributed by atoms with E-state index in [9.17, 15) is 4.79 Å². The van der Waals surface area contributed by atoms with Crippen LogP contribution in [-0.4, -0.2) is 5.11 Å². The Labute approximate surface area is 85.4 Å². The fourth-order valence-electron chi connectivity index (χ4n) is 1.48. The van der Waals surface area contributed by atoms with Crippen LogP contribution in [0.2, 0.25) is 0 Å². The normalized spacial score (nSPS) is 10.7. The van der Waals surface area contributed by atoms with Gasteiger partial charge in [0.15, 0.2) is 5.43 Å². The van der Waals surface area contributed by atoms with Crippen molar-refractivity contribution in [1.82, 2.24) is 0 Å². The predicted octanol–water partition coefficient (Wildman–Crippen LogP) is 2.06. The van der Waals surface area contributed by atoms with E-state index in [0.717, 1.165) is 9.58 Å².